The summed E-state index contributed by atoms with van der Waals surface area (Å²) in [6.07, 6.45) is 3.71. The summed E-state index contributed by atoms with van der Waals surface area (Å²) in [5.74, 6) is 0.829. The molecule has 1 fully saturated rings. The van der Waals surface area contributed by atoms with Gasteiger partial charge in [-0.15, -0.1) is 5.10 Å². The van der Waals surface area contributed by atoms with Crippen LogP contribution in [0.3, 0.4) is 0 Å². The monoisotopic (exact) mass is 353 g/mol. The fraction of sp³-hybridized carbons (Fsp3) is 0.316. The van der Waals surface area contributed by atoms with Gasteiger partial charge >= 0.3 is 0 Å². The van der Waals surface area contributed by atoms with E-state index in [4.69, 9.17) is 11.6 Å². The molecule has 1 saturated heterocycles. The fourth-order valence-electron chi connectivity index (χ4n) is 3.49. The molecule has 25 heavy (non-hydrogen) atoms. The van der Waals surface area contributed by atoms with Crippen LogP contribution in [-0.4, -0.2) is 38.2 Å². The van der Waals surface area contributed by atoms with Crippen molar-refractivity contribution in [2.45, 2.75) is 25.3 Å². The molecule has 5 nitrogen and oxygen atoms in total. The predicted molar refractivity (Wildman–Crippen MR) is 97.9 cm³/mol. The molecule has 1 aliphatic rings. The van der Waals surface area contributed by atoms with Gasteiger partial charge in [-0.1, -0.05) is 54.4 Å². The van der Waals surface area contributed by atoms with Crippen LogP contribution >= 0.6 is 11.6 Å². The lowest BCUT2D eigenvalue weighted by Gasteiger charge is -2.34. The maximum absolute atomic E-state index is 6.17. The molecule has 4 rings (SSSR count). The summed E-state index contributed by atoms with van der Waals surface area (Å²) in [5.41, 5.74) is 2.09. The summed E-state index contributed by atoms with van der Waals surface area (Å²) < 4.78 is 1.80. The number of piperidine rings is 1. The summed E-state index contributed by atoms with van der Waals surface area (Å²) in [5, 5.41) is 13.3. The molecule has 0 spiro atoms. The zero-order valence-corrected chi connectivity index (χ0v) is 14.7. The number of hydrogen-bond donors (Lipinski definition) is 0. The molecule has 128 valence electrons. The van der Waals surface area contributed by atoms with Gasteiger partial charge in [-0.2, -0.15) is 4.68 Å². The highest BCUT2D eigenvalue weighted by Gasteiger charge is 2.29. The Balaban J connectivity index is 1.79. The maximum atomic E-state index is 6.17. The Labute approximate surface area is 152 Å². The summed E-state index contributed by atoms with van der Waals surface area (Å²) >= 11 is 6.17. The van der Waals surface area contributed by atoms with Crippen LogP contribution in [0.25, 0.3) is 5.69 Å². The number of rotatable bonds is 4. The SMILES string of the molecule is Clc1cccc(-n2nnnc2C(c2ccccc2)N2CCCCC2)c1. The molecule has 1 aliphatic heterocycles. The maximum Gasteiger partial charge on any atom is 0.178 e. The Morgan fingerprint density at radius 2 is 1.72 bits per heavy atom. The highest BCUT2D eigenvalue weighted by atomic mass is 35.5. The van der Waals surface area contributed by atoms with Crippen molar-refractivity contribution in [3.05, 3.63) is 71.0 Å². The summed E-state index contributed by atoms with van der Waals surface area (Å²) in [7, 11) is 0. The van der Waals surface area contributed by atoms with Crippen LogP contribution < -0.4 is 0 Å². The second kappa shape index (κ2) is 7.33. The lowest BCUT2D eigenvalue weighted by atomic mass is 10.0. The third kappa shape index (κ3) is 3.43. The Morgan fingerprint density at radius 1 is 0.920 bits per heavy atom. The number of nitrogens with zero attached hydrogens (tertiary/aromatic N) is 5. The average Bonchev–Trinajstić information content (AvgIpc) is 3.13. The zero-order valence-electron chi connectivity index (χ0n) is 13.9. The van der Waals surface area contributed by atoms with E-state index in [1.54, 1.807) is 4.68 Å². The van der Waals surface area contributed by atoms with Crippen LogP contribution in [0.4, 0.5) is 0 Å². The van der Waals surface area contributed by atoms with Crippen molar-refractivity contribution < 1.29 is 0 Å². The van der Waals surface area contributed by atoms with Crippen LogP contribution in [-0.2, 0) is 0 Å². The average molecular weight is 354 g/mol. The number of benzene rings is 2. The number of likely N-dealkylation sites (tertiary alicyclic amines) is 1. The number of aromatic nitrogens is 4. The number of hydrogen-bond acceptors (Lipinski definition) is 4. The molecule has 3 aromatic rings. The molecule has 0 amide bonds. The van der Waals surface area contributed by atoms with E-state index < -0.39 is 0 Å². The molecule has 0 aliphatic carbocycles. The molecule has 0 N–H and O–H groups in total. The lowest BCUT2D eigenvalue weighted by molar-refractivity contribution is 0.179. The van der Waals surface area contributed by atoms with Crippen LogP contribution in [0.5, 0.6) is 0 Å². The first-order valence-corrected chi connectivity index (χ1v) is 9.04. The minimum absolute atomic E-state index is 0.0375. The van der Waals surface area contributed by atoms with Gasteiger partial charge in [0.05, 0.1) is 11.7 Å². The van der Waals surface area contributed by atoms with Crippen molar-refractivity contribution in [2.24, 2.45) is 0 Å². The first-order chi connectivity index (χ1) is 12.3. The van der Waals surface area contributed by atoms with Crippen LogP contribution in [0.1, 0.15) is 36.7 Å². The second-order valence-corrected chi connectivity index (χ2v) is 6.78. The quantitative estimate of drug-likeness (QED) is 0.714. The van der Waals surface area contributed by atoms with Gasteiger partial charge in [0.15, 0.2) is 5.82 Å². The van der Waals surface area contributed by atoms with Gasteiger partial charge in [0, 0.05) is 5.02 Å². The molecule has 0 radical (unpaired) electrons. The van der Waals surface area contributed by atoms with Crippen molar-refractivity contribution in [2.75, 3.05) is 13.1 Å². The first kappa shape index (κ1) is 16.2. The van der Waals surface area contributed by atoms with Gasteiger partial charge in [0.25, 0.3) is 0 Å². The number of tetrazole rings is 1. The molecule has 1 aromatic heterocycles. The second-order valence-electron chi connectivity index (χ2n) is 6.34. The van der Waals surface area contributed by atoms with Gasteiger partial charge in [0.2, 0.25) is 0 Å². The van der Waals surface area contributed by atoms with Crippen LogP contribution in [0, 0.1) is 0 Å². The Morgan fingerprint density at radius 3 is 2.48 bits per heavy atom. The minimum atomic E-state index is 0.0375. The standard InChI is InChI=1S/C19H20ClN5/c20-16-10-7-11-17(14-16)25-19(21-22-23-25)18(15-8-3-1-4-9-15)24-12-5-2-6-13-24/h1,3-4,7-11,14,18H,2,5-6,12-13H2. The largest absolute Gasteiger partial charge is 0.290 e. The normalized spacial score (nSPS) is 16.7. The van der Waals surface area contributed by atoms with E-state index in [1.807, 2.05) is 30.3 Å². The molecule has 2 aromatic carbocycles. The first-order valence-electron chi connectivity index (χ1n) is 8.66. The van der Waals surface area contributed by atoms with E-state index >= 15 is 0 Å². The van der Waals surface area contributed by atoms with Gasteiger partial charge in [0.1, 0.15) is 0 Å². The van der Waals surface area contributed by atoms with E-state index in [0.717, 1.165) is 24.6 Å². The van der Waals surface area contributed by atoms with Gasteiger partial charge in [-0.3, -0.25) is 4.90 Å². The van der Waals surface area contributed by atoms with Gasteiger partial charge in [-0.25, -0.2) is 0 Å². The van der Waals surface area contributed by atoms with Crippen molar-refractivity contribution in [3.63, 3.8) is 0 Å². The third-order valence-corrected chi connectivity index (χ3v) is 4.90. The van der Waals surface area contributed by atoms with Crippen molar-refractivity contribution >= 4 is 11.6 Å². The predicted octanol–water partition coefficient (Wildman–Crippen LogP) is 3.89. The zero-order chi connectivity index (χ0) is 17.1. The van der Waals surface area contributed by atoms with E-state index in [2.05, 4.69) is 44.7 Å². The van der Waals surface area contributed by atoms with Crippen LogP contribution in [0.15, 0.2) is 54.6 Å². The van der Waals surface area contributed by atoms with E-state index in [9.17, 15) is 0 Å². The Kier molecular flexibility index (Phi) is 4.76. The van der Waals surface area contributed by atoms with E-state index in [-0.39, 0.29) is 6.04 Å². The molecule has 1 unspecified atom stereocenters. The van der Waals surface area contributed by atoms with E-state index in [0.29, 0.717) is 5.02 Å². The van der Waals surface area contributed by atoms with E-state index in [1.165, 1.54) is 24.8 Å². The molecule has 2 heterocycles. The third-order valence-electron chi connectivity index (χ3n) is 4.66. The highest BCUT2D eigenvalue weighted by molar-refractivity contribution is 6.30. The summed E-state index contributed by atoms with van der Waals surface area (Å²) in [6.45, 7) is 2.12. The van der Waals surface area contributed by atoms with Crippen molar-refractivity contribution in [3.8, 4) is 5.69 Å². The molecule has 0 saturated carbocycles. The topological polar surface area (TPSA) is 46.8 Å². The summed E-state index contributed by atoms with van der Waals surface area (Å²) in [4.78, 5) is 2.48. The van der Waals surface area contributed by atoms with Gasteiger partial charge in [-0.05, 0) is 60.1 Å². The minimum Gasteiger partial charge on any atom is -0.290 e. The van der Waals surface area contributed by atoms with Crippen molar-refractivity contribution in [1.82, 2.24) is 25.1 Å². The summed E-state index contributed by atoms with van der Waals surface area (Å²) in [6, 6.07) is 18.2. The van der Waals surface area contributed by atoms with Gasteiger partial charge < -0.3 is 0 Å². The highest BCUT2D eigenvalue weighted by Crippen LogP contribution is 2.30. The molecule has 0 bridgehead atoms. The Hall–Kier alpha value is -2.24. The molecular formula is C19H20ClN5. The fourth-order valence-corrected chi connectivity index (χ4v) is 3.68. The molecule has 6 heteroatoms. The number of halogens is 1. The lowest BCUT2D eigenvalue weighted by Crippen LogP contribution is -2.35. The molecular weight excluding hydrogens is 334 g/mol. The molecule has 1 atom stereocenters. The van der Waals surface area contributed by atoms with Crippen molar-refractivity contribution in [1.29, 1.82) is 0 Å². The smallest absolute Gasteiger partial charge is 0.178 e. The van der Waals surface area contributed by atoms with Crippen LogP contribution in [0.2, 0.25) is 5.02 Å². The Bertz CT molecular complexity index is 827.